The summed E-state index contributed by atoms with van der Waals surface area (Å²) in [5.74, 6) is 1.13. The van der Waals surface area contributed by atoms with Crippen LogP contribution < -0.4 is 0 Å². The van der Waals surface area contributed by atoms with Gasteiger partial charge in [-0.3, -0.25) is 0 Å². The highest BCUT2D eigenvalue weighted by Gasteiger charge is 2.40. The van der Waals surface area contributed by atoms with E-state index in [0.29, 0.717) is 0 Å². The molecule has 300 valence electrons. The van der Waals surface area contributed by atoms with Gasteiger partial charge in [0.25, 0.3) is 0 Å². The van der Waals surface area contributed by atoms with E-state index in [2.05, 4.69) is 184 Å². The molecule has 0 bridgehead atoms. The Morgan fingerprint density at radius 1 is 0.548 bits per heavy atom. The smallest absolute Gasteiger partial charge is 0.135 e. The van der Waals surface area contributed by atoms with Gasteiger partial charge in [0.1, 0.15) is 11.3 Å². The predicted octanol–water partition coefficient (Wildman–Crippen LogP) is 15.9. The van der Waals surface area contributed by atoms with Crippen molar-refractivity contribution in [3.63, 3.8) is 0 Å². The molecule has 2 heteroatoms. The Balaban J connectivity index is 0.964. The summed E-state index contributed by atoms with van der Waals surface area (Å²) < 4.78 is 9.09. The molecule has 5 aliphatic carbocycles. The van der Waals surface area contributed by atoms with Crippen molar-refractivity contribution in [3.8, 4) is 39.1 Å². The Kier molecular flexibility index (Phi) is 7.53. The Morgan fingerprint density at radius 2 is 1.26 bits per heavy atom. The fraction of sp³-hybridized carbons (Fsp3) is 0.200. The molecule has 0 amide bonds. The topological polar surface area (TPSA) is 18.1 Å². The van der Waals surface area contributed by atoms with Crippen molar-refractivity contribution in [1.82, 2.24) is 4.57 Å². The molecule has 2 heterocycles. The van der Waals surface area contributed by atoms with Crippen molar-refractivity contribution in [3.05, 3.63) is 196 Å². The van der Waals surface area contributed by atoms with Crippen LogP contribution in [-0.2, 0) is 23.7 Å². The van der Waals surface area contributed by atoms with E-state index in [1.54, 1.807) is 5.57 Å². The number of rotatable bonds is 4. The number of allylic oxidation sites excluding steroid dienone is 6. The summed E-state index contributed by atoms with van der Waals surface area (Å²) in [6, 6.07) is 46.1. The number of fused-ring (bicyclic) bond motifs is 12. The number of aromatic nitrogens is 1. The summed E-state index contributed by atoms with van der Waals surface area (Å²) in [6.07, 6.45) is 18.2. The predicted molar refractivity (Wildman–Crippen MR) is 260 cm³/mol. The highest BCUT2D eigenvalue weighted by atomic mass is 16.3. The molecule has 8 aromatic rings. The molecule has 2 nitrogen and oxygen atoms in total. The van der Waals surface area contributed by atoms with Gasteiger partial charge in [0.05, 0.1) is 5.52 Å². The highest BCUT2D eigenvalue weighted by Crippen LogP contribution is 2.55. The molecule has 0 saturated heterocycles. The van der Waals surface area contributed by atoms with Crippen molar-refractivity contribution >= 4 is 45.2 Å². The van der Waals surface area contributed by atoms with E-state index in [1.807, 2.05) is 0 Å². The second-order valence-electron chi connectivity index (χ2n) is 19.4. The fourth-order valence-corrected chi connectivity index (χ4v) is 12.2. The normalized spacial score (nSPS) is 17.5. The van der Waals surface area contributed by atoms with Gasteiger partial charge in [0, 0.05) is 50.5 Å². The molecule has 5 aliphatic rings. The third kappa shape index (κ3) is 5.04. The minimum atomic E-state index is -0.191. The van der Waals surface area contributed by atoms with Crippen LogP contribution in [-0.4, -0.2) is 4.57 Å². The Bertz CT molecular complexity index is 3370. The average Bonchev–Trinajstić information content (AvgIpc) is 3.99. The number of furan rings is 1. The SMILES string of the molecule is CC1(C)C2=C(C=CCC2)c2ccc(C3=Cc4c(n(-c5ccc6c(c5)C(C)(C)c5c-6ccc6oc7c(c56)C=CCC7)c5ccc(-c6ccc(-c7ccccc7)cc6)cc45)CC3)cc21. The first kappa shape index (κ1) is 36.1. The van der Waals surface area contributed by atoms with Crippen LogP contribution in [0.5, 0.6) is 0 Å². The van der Waals surface area contributed by atoms with Gasteiger partial charge in [-0.1, -0.05) is 143 Å². The van der Waals surface area contributed by atoms with Crippen LogP contribution in [0, 0.1) is 0 Å². The van der Waals surface area contributed by atoms with Crippen molar-refractivity contribution in [2.45, 2.75) is 77.0 Å². The molecule has 0 radical (unpaired) electrons. The van der Waals surface area contributed by atoms with Crippen LogP contribution in [0.15, 0.2) is 150 Å². The summed E-state index contributed by atoms with van der Waals surface area (Å²) in [7, 11) is 0. The van der Waals surface area contributed by atoms with Gasteiger partial charge in [-0.05, 0) is 147 Å². The van der Waals surface area contributed by atoms with Crippen LogP contribution in [0.2, 0.25) is 0 Å². The van der Waals surface area contributed by atoms with E-state index in [9.17, 15) is 0 Å². The summed E-state index contributed by atoms with van der Waals surface area (Å²) in [4.78, 5) is 0. The van der Waals surface area contributed by atoms with E-state index >= 15 is 0 Å². The standard InChI is InChI=1S/C60H49NO/c1-59(2)50-16-10-8-14-43(50)44-26-22-41(34-51(44)59)40-24-30-54-49(33-40)48-32-39(38-20-18-37(19-21-38)36-12-6-5-7-13-36)23-29-53(48)61(54)42-25-27-45-46-28-31-56-57(47-15-9-11-17-55(47)62-56)58(46)60(3,4)52(45)35-42/h5-9,12-15,18-23,25-29,31-35H,10-11,16-17,24,30H2,1-4H3. The van der Waals surface area contributed by atoms with Crippen molar-refractivity contribution in [2.24, 2.45) is 0 Å². The Labute approximate surface area is 364 Å². The van der Waals surface area contributed by atoms with Gasteiger partial charge in [-0.25, -0.2) is 0 Å². The van der Waals surface area contributed by atoms with E-state index in [-0.39, 0.29) is 10.8 Å². The maximum atomic E-state index is 6.50. The van der Waals surface area contributed by atoms with Gasteiger partial charge in [0.2, 0.25) is 0 Å². The molecule has 2 aromatic heterocycles. The molecule has 0 atom stereocenters. The minimum absolute atomic E-state index is 0.0489. The van der Waals surface area contributed by atoms with Crippen molar-refractivity contribution < 1.29 is 4.42 Å². The molecule has 62 heavy (non-hydrogen) atoms. The average molecular weight is 800 g/mol. The zero-order chi connectivity index (χ0) is 41.5. The summed E-state index contributed by atoms with van der Waals surface area (Å²) in [5.41, 5.74) is 26.6. The number of nitrogens with zero attached hydrogens (tertiary/aromatic N) is 1. The second kappa shape index (κ2) is 12.9. The quantitative estimate of drug-likeness (QED) is 0.173. The third-order valence-electron chi connectivity index (χ3n) is 15.3. The summed E-state index contributed by atoms with van der Waals surface area (Å²) >= 11 is 0. The van der Waals surface area contributed by atoms with Crippen molar-refractivity contribution in [1.29, 1.82) is 0 Å². The fourth-order valence-electron chi connectivity index (χ4n) is 12.2. The van der Waals surface area contributed by atoms with Gasteiger partial charge in [-0.2, -0.15) is 0 Å². The summed E-state index contributed by atoms with van der Waals surface area (Å²) in [5, 5.41) is 2.61. The Hall–Kier alpha value is -6.64. The highest BCUT2D eigenvalue weighted by molar-refractivity contribution is 6.03. The number of hydrogen-bond acceptors (Lipinski definition) is 1. The lowest BCUT2D eigenvalue weighted by Crippen LogP contribution is -2.18. The molecule has 0 fully saturated rings. The maximum Gasteiger partial charge on any atom is 0.135 e. The zero-order valence-electron chi connectivity index (χ0n) is 36.0. The van der Waals surface area contributed by atoms with Crippen molar-refractivity contribution in [2.75, 3.05) is 0 Å². The molecule has 0 aliphatic heterocycles. The van der Waals surface area contributed by atoms with Crippen LogP contribution in [0.4, 0.5) is 0 Å². The van der Waals surface area contributed by atoms with Gasteiger partial charge in [-0.15, -0.1) is 0 Å². The molecule has 6 aromatic carbocycles. The first-order valence-corrected chi connectivity index (χ1v) is 22.7. The molecular weight excluding hydrogens is 751 g/mol. The first-order chi connectivity index (χ1) is 30.2. The molecule has 0 N–H and O–H groups in total. The van der Waals surface area contributed by atoms with E-state index in [4.69, 9.17) is 4.42 Å². The maximum absolute atomic E-state index is 6.50. The minimum Gasteiger partial charge on any atom is -0.460 e. The van der Waals surface area contributed by atoms with Crippen LogP contribution in [0.1, 0.15) is 104 Å². The number of aryl methyl sites for hydroxylation is 1. The van der Waals surface area contributed by atoms with Gasteiger partial charge in [0.15, 0.2) is 0 Å². The third-order valence-corrected chi connectivity index (χ3v) is 15.3. The van der Waals surface area contributed by atoms with E-state index < -0.39 is 0 Å². The van der Waals surface area contributed by atoms with Gasteiger partial charge < -0.3 is 8.98 Å². The molecule has 13 rings (SSSR count). The number of hydrogen-bond donors (Lipinski definition) is 0. The van der Waals surface area contributed by atoms with Crippen LogP contribution >= 0.6 is 0 Å². The molecule has 0 unspecified atom stereocenters. The largest absolute Gasteiger partial charge is 0.460 e. The zero-order valence-corrected chi connectivity index (χ0v) is 36.0. The lowest BCUT2D eigenvalue weighted by molar-refractivity contribution is 0.546. The van der Waals surface area contributed by atoms with E-state index in [0.717, 1.165) is 49.9 Å². The first-order valence-electron chi connectivity index (χ1n) is 22.7. The molecule has 0 saturated carbocycles. The number of benzene rings is 6. The molecule has 0 spiro atoms. The van der Waals surface area contributed by atoms with Gasteiger partial charge >= 0.3 is 0 Å². The monoisotopic (exact) mass is 799 g/mol. The second-order valence-corrected chi connectivity index (χ2v) is 19.4. The molecular formula is C60H49NO. The Morgan fingerprint density at radius 3 is 2.11 bits per heavy atom. The lowest BCUT2D eigenvalue weighted by atomic mass is 9.78. The summed E-state index contributed by atoms with van der Waals surface area (Å²) in [6.45, 7) is 9.71. The van der Waals surface area contributed by atoms with Crippen LogP contribution in [0.25, 0.3) is 84.2 Å². The van der Waals surface area contributed by atoms with E-state index in [1.165, 1.54) is 111 Å². The lowest BCUT2D eigenvalue weighted by Gasteiger charge is -2.26. The van der Waals surface area contributed by atoms with Crippen LogP contribution in [0.3, 0.4) is 0 Å².